The number of aliphatic hydroxyl groups excluding tert-OH is 1. The summed E-state index contributed by atoms with van der Waals surface area (Å²) < 4.78 is 1.75. The first kappa shape index (κ1) is 12.6. The number of rotatable bonds is 6. The van der Waals surface area contributed by atoms with Gasteiger partial charge in [0.15, 0.2) is 0 Å². The van der Waals surface area contributed by atoms with E-state index in [-0.39, 0.29) is 6.61 Å². The summed E-state index contributed by atoms with van der Waals surface area (Å²) in [4.78, 5) is 0. The van der Waals surface area contributed by atoms with Crippen molar-refractivity contribution in [2.75, 3.05) is 11.9 Å². The van der Waals surface area contributed by atoms with Gasteiger partial charge in [0.1, 0.15) is 0 Å². The molecule has 4 heteroatoms. The van der Waals surface area contributed by atoms with Gasteiger partial charge < -0.3 is 10.4 Å². The second-order valence-electron chi connectivity index (χ2n) is 4.24. The maximum absolute atomic E-state index is 8.81. The van der Waals surface area contributed by atoms with Gasteiger partial charge in [-0.05, 0) is 24.1 Å². The molecule has 0 aliphatic carbocycles. The van der Waals surface area contributed by atoms with Crippen molar-refractivity contribution in [2.45, 2.75) is 26.4 Å². The number of nitrogens with zero attached hydrogens (tertiary/aromatic N) is 2. The third kappa shape index (κ3) is 3.34. The Labute approximate surface area is 107 Å². The number of nitrogens with one attached hydrogen (secondary N) is 1. The average molecular weight is 245 g/mol. The zero-order valence-corrected chi connectivity index (χ0v) is 10.6. The number of hydrogen-bond donors (Lipinski definition) is 2. The van der Waals surface area contributed by atoms with E-state index in [2.05, 4.69) is 41.6 Å². The third-order valence-corrected chi connectivity index (χ3v) is 2.87. The minimum atomic E-state index is 0.118. The lowest BCUT2D eigenvalue weighted by molar-refractivity contribution is 0.269. The highest BCUT2D eigenvalue weighted by Gasteiger charge is 1.98. The van der Waals surface area contributed by atoms with Crippen molar-refractivity contribution in [3.05, 3.63) is 47.8 Å². The lowest BCUT2D eigenvalue weighted by Crippen LogP contribution is -2.02. The Morgan fingerprint density at radius 3 is 2.67 bits per heavy atom. The van der Waals surface area contributed by atoms with Crippen LogP contribution in [-0.2, 0) is 19.5 Å². The molecule has 0 aliphatic rings. The Kier molecular flexibility index (Phi) is 4.36. The number of aliphatic hydroxyl groups is 1. The Balaban J connectivity index is 1.89. The largest absolute Gasteiger partial charge is 0.394 e. The molecule has 0 radical (unpaired) electrons. The van der Waals surface area contributed by atoms with E-state index in [1.165, 1.54) is 5.56 Å². The van der Waals surface area contributed by atoms with E-state index >= 15 is 0 Å². The predicted octanol–water partition coefficient (Wildman–Crippen LogP) is 2.05. The summed E-state index contributed by atoms with van der Waals surface area (Å²) in [5.74, 6) is 0. The zero-order valence-electron chi connectivity index (χ0n) is 10.6. The summed E-state index contributed by atoms with van der Waals surface area (Å²) in [7, 11) is 0. The van der Waals surface area contributed by atoms with Gasteiger partial charge in [0.2, 0.25) is 0 Å². The standard InChI is InChI=1S/C14H19N3O/c1-2-12-3-5-14(6-4-12)15-9-13-10-16-17(11-13)7-8-18/h3-6,10-11,15,18H,2,7-9H2,1H3. The van der Waals surface area contributed by atoms with Gasteiger partial charge in [-0.15, -0.1) is 0 Å². The van der Waals surface area contributed by atoms with Crippen molar-refractivity contribution in [2.24, 2.45) is 0 Å². The smallest absolute Gasteiger partial charge is 0.0640 e. The fourth-order valence-corrected chi connectivity index (χ4v) is 1.78. The normalized spacial score (nSPS) is 10.6. The van der Waals surface area contributed by atoms with E-state index in [4.69, 9.17) is 5.11 Å². The second-order valence-corrected chi connectivity index (χ2v) is 4.24. The van der Waals surface area contributed by atoms with Crippen molar-refractivity contribution >= 4 is 5.69 Å². The van der Waals surface area contributed by atoms with Crippen LogP contribution in [0.3, 0.4) is 0 Å². The summed E-state index contributed by atoms with van der Waals surface area (Å²) in [6, 6.07) is 8.46. The second kappa shape index (κ2) is 6.21. The molecular formula is C14H19N3O. The minimum Gasteiger partial charge on any atom is -0.394 e. The Morgan fingerprint density at radius 1 is 1.22 bits per heavy atom. The van der Waals surface area contributed by atoms with E-state index in [1.807, 2.05) is 12.4 Å². The van der Waals surface area contributed by atoms with Gasteiger partial charge in [0.05, 0.1) is 19.3 Å². The predicted molar refractivity (Wildman–Crippen MR) is 72.5 cm³/mol. The Hall–Kier alpha value is -1.81. The maximum Gasteiger partial charge on any atom is 0.0640 e. The van der Waals surface area contributed by atoms with Gasteiger partial charge >= 0.3 is 0 Å². The Morgan fingerprint density at radius 2 is 2.00 bits per heavy atom. The van der Waals surface area contributed by atoms with Crippen molar-refractivity contribution in [1.82, 2.24) is 9.78 Å². The number of anilines is 1. The van der Waals surface area contributed by atoms with E-state index in [0.717, 1.165) is 24.2 Å². The molecule has 0 atom stereocenters. The summed E-state index contributed by atoms with van der Waals surface area (Å²) >= 11 is 0. The number of aryl methyl sites for hydroxylation is 1. The van der Waals surface area contributed by atoms with Crippen LogP contribution < -0.4 is 5.32 Å². The molecule has 1 aromatic carbocycles. The molecule has 18 heavy (non-hydrogen) atoms. The monoisotopic (exact) mass is 245 g/mol. The molecule has 1 aromatic heterocycles. The first-order valence-electron chi connectivity index (χ1n) is 6.27. The maximum atomic E-state index is 8.81. The van der Waals surface area contributed by atoms with E-state index in [1.54, 1.807) is 4.68 Å². The van der Waals surface area contributed by atoms with Crippen LogP contribution in [0.2, 0.25) is 0 Å². The van der Waals surface area contributed by atoms with Crippen molar-refractivity contribution in [1.29, 1.82) is 0 Å². The van der Waals surface area contributed by atoms with Gasteiger partial charge in [-0.1, -0.05) is 19.1 Å². The van der Waals surface area contributed by atoms with Crippen LogP contribution in [0.1, 0.15) is 18.1 Å². The summed E-state index contributed by atoms with van der Waals surface area (Å²) in [6.07, 6.45) is 4.83. The van der Waals surface area contributed by atoms with E-state index < -0.39 is 0 Å². The molecule has 2 rings (SSSR count). The molecule has 4 nitrogen and oxygen atoms in total. The van der Waals surface area contributed by atoms with Crippen LogP contribution in [0.4, 0.5) is 5.69 Å². The summed E-state index contributed by atoms with van der Waals surface area (Å²) in [5.41, 5.74) is 3.57. The molecule has 96 valence electrons. The zero-order chi connectivity index (χ0) is 12.8. The Bertz CT molecular complexity index is 476. The molecule has 0 amide bonds. The molecule has 0 aliphatic heterocycles. The van der Waals surface area contributed by atoms with Gasteiger partial charge in [0.25, 0.3) is 0 Å². The van der Waals surface area contributed by atoms with Crippen LogP contribution in [0.25, 0.3) is 0 Å². The summed E-state index contributed by atoms with van der Waals surface area (Å²) in [5, 5.41) is 16.3. The van der Waals surface area contributed by atoms with E-state index in [0.29, 0.717) is 6.54 Å². The van der Waals surface area contributed by atoms with Gasteiger partial charge in [-0.3, -0.25) is 4.68 Å². The van der Waals surface area contributed by atoms with Crippen LogP contribution >= 0.6 is 0 Å². The fourth-order valence-electron chi connectivity index (χ4n) is 1.78. The van der Waals surface area contributed by atoms with Gasteiger partial charge in [-0.2, -0.15) is 5.10 Å². The van der Waals surface area contributed by atoms with Gasteiger partial charge in [-0.25, -0.2) is 0 Å². The lowest BCUT2D eigenvalue weighted by Gasteiger charge is -2.05. The minimum absolute atomic E-state index is 0.118. The fraction of sp³-hybridized carbons (Fsp3) is 0.357. The molecular weight excluding hydrogens is 226 g/mol. The first-order chi connectivity index (χ1) is 8.81. The molecule has 2 N–H and O–H groups in total. The molecule has 0 spiro atoms. The van der Waals surface area contributed by atoms with Crippen LogP contribution in [-0.4, -0.2) is 21.5 Å². The van der Waals surface area contributed by atoms with Crippen LogP contribution in [0, 0.1) is 0 Å². The molecule has 1 heterocycles. The quantitative estimate of drug-likeness (QED) is 0.819. The molecule has 2 aromatic rings. The number of benzene rings is 1. The van der Waals surface area contributed by atoms with Crippen LogP contribution in [0.15, 0.2) is 36.7 Å². The molecule has 0 saturated heterocycles. The van der Waals surface area contributed by atoms with Crippen LogP contribution in [0.5, 0.6) is 0 Å². The highest BCUT2D eigenvalue weighted by atomic mass is 16.3. The average Bonchev–Trinajstić information content (AvgIpc) is 2.85. The van der Waals surface area contributed by atoms with Crippen molar-refractivity contribution < 1.29 is 5.11 Å². The highest BCUT2D eigenvalue weighted by molar-refractivity contribution is 5.44. The number of aromatic nitrogens is 2. The van der Waals surface area contributed by atoms with Crippen molar-refractivity contribution in [3.8, 4) is 0 Å². The lowest BCUT2D eigenvalue weighted by atomic mass is 10.1. The topological polar surface area (TPSA) is 50.1 Å². The van der Waals surface area contributed by atoms with E-state index in [9.17, 15) is 0 Å². The van der Waals surface area contributed by atoms with Crippen molar-refractivity contribution in [3.63, 3.8) is 0 Å². The molecule has 0 saturated carbocycles. The van der Waals surface area contributed by atoms with Gasteiger partial charge in [0, 0.05) is 24.0 Å². The first-order valence-corrected chi connectivity index (χ1v) is 6.27. The third-order valence-electron chi connectivity index (χ3n) is 2.87. The SMILES string of the molecule is CCc1ccc(NCc2cnn(CCO)c2)cc1. The molecule has 0 unspecified atom stereocenters. The highest BCUT2D eigenvalue weighted by Crippen LogP contribution is 2.11. The molecule has 0 fully saturated rings. The number of hydrogen-bond acceptors (Lipinski definition) is 3. The summed E-state index contributed by atoms with van der Waals surface area (Å²) in [6.45, 7) is 3.56. The molecule has 0 bridgehead atoms.